The van der Waals surface area contributed by atoms with Gasteiger partial charge in [0, 0.05) is 45.3 Å². The average Bonchev–Trinajstić information content (AvgIpc) is 2.76. The fourth-order valence-electron chi connectivity index (χ4n) is 1.86. The maximum Gasteiger partial charge on any atom is 0.0941 e. The summed E-state index contributed by atoms with van der Waals surface area (Å²) in [6, 6.07) is 0. The van der Waals surface area contributed by atoms with E-state index in [-0.39, 0.29) is 6.61 Å². The first-order valence-corrected chi connectivity index (χ1v) is 6.55. The highest BCUT2D eigenvalue weighted by Gasteiger charge is 2.13. The van der Waals surface area contributed by atoms with Crippen LogP contribution in [0.15, 0.2) is 6.20 Å². The van der Waals surface area contributed by atoms with Gasteiger partial charge in [0.25, 0.3) is 0 Å². The van der Waals surface area contributed by atoms with Gasteiger partial charge in [-0.05, 0) is 7.05 Å². The molecule has 16 heavy (non-hydrogen) atoms. The molecule has 0 atom stereocenters. The number of piperazine rings is 1. The lowest BCUT2D eigenvalue weighted by Crippen LogP contribution is -2.45. The molecule has 0 aromatic carbocycles. The Hall–Kier alpha value is -0.490. The number of aliphatic hydroxyl groups is 1. The van der Waals surface area contributed by atoms with E-state index >= 15 is 0 Å². The van der Waals surface area contributed by atoms with Crippen molar-refractivity contribution in [2.24, 2.45) is 0 Å². The van der Waals surface area contributed by atoms with E-state index in [0.717, 1.165) is 35.9 Å². The van der Waals surface area contributed by atoms with Gasteiger partial charge in [-0.1, -0.05) is 0 Å². The first kappa shape index (κ1) is 12.0. The lowest BCUT2D eigenvalue weighted by molar-refractivity contribution is 0.155. The standard InChI is InChI=1S/C11H19N3OS/c1-13-4-6-14(7-5-13)3-2-11-12-8-10(9-15)16-11/h8,15H,2-7,9H2,1H3. The van der Waals surface area contributed by atoms with Crippen molar-refractivity contribution >= 4 is 11.3 Å². The van der Waals surface area contributed by atoms with Crippen molar-refractivity contribution in [3.05, 3.63) is 16.1 Å². The van der Waals surface area contributed by atoms with Gasteiger partial charge in [0.2, 0.25) is 0 Å². The Morgan fingerprint density at radius 1 is 1.38 bits per heavy atom. The van der Waals surface area contributed by atoms with Gasteiger partial charge in [-0.2, -0.15) is 0 Å². The molecule has 2 rings (SSSR count). The van der Waals surface area contributed by atoms with Crippen LogP contribution in [-0.4, -0.2) is 59.7 Å². The summed E-state index contributed by atoms with van der Waals surface area (Å²) in [5.41, 5.74) is 0. The summed E-state index contributed by atoms with van der Waals surface area (Å²) in [6.45, 7) is 5.86. The second kappa shape index (κ2) is 5.72. The summed E-state index contributed by atoms with van der Waals surface area (Å²) in [6.07, 6.45) is 2.79. The van der Waals surface area contributed by atoms with Gasteiger partial charge >= 0.3 is 0 Å². The second-order valence-corrected chi connectivity index (χ2v) is 5.47. The molecule has 0 bridgehead atoms. The third-order valence-corrected chi connectivity index (χ3v) is 4.04. The lowest BCUT2D eigenvalue weighted by Gasteiger charge is -2.32. The first-order chi connectivity index (χ1) is 7.78. The average molecular weight is 241 g/mol. The number of aliphatic hydroxyl groups excluding tert-OH is 1. The highest BCUT2D eigenvalue weighted by molar-refractivity contribution is 7.11. The van der Waals surface area contributed by atoms with E-state index in [1.54, 1.807) is 17.5 Å². The van der Waals surface area contributed by atoms with Crippen LogP contribution in [-0.2, 0) is 13.0 Å². The van der Waals surface area contributed by atoms with Crippen LogP contribution in [0.1, 0.15) is 9.88 Å². The largest absolute Gasteiger partial charge is 0.391 e. The maximum atomic E-state index is 8.95. The van der Waals surface area contributed by atoms with Gasteiger partial charge in [-0.3, -0.25) is 0 Å². The Bertz CT molecular complexity index is 321. The third-order valence-electron chi connectivity index (χ3n) is 3.00. The van der Waals surface area contributed by atoms with Crippen LogP contribution in [0, 0.1) is 0 Å². The summed E-state index contributed by atoms with van der Waals surface area (Å²) in [7, 11) is 2.17. The molecule has 4 nitrogen and oxygen atoms in total. The highest BCUT2D eigenvalue weighted by Crippen LogP contribution is 2.13. The Labute approximate surface area is 101 Å². The molecule has 1 aliphatic rings. The van der Waals surface area contributed by atoms with Gasteiger partial charge in [0.1, 0.15) is 0 Å². The Morgan fingerprint density at radius 2 is 2.12 bits per heavy atom. The second-order valence-electron chi connectivity index (χ2n) is 4.27. The minimum atomic E-state index is 0.117. The Kier molecular flexibility index (Phi) is 4.29. The van der Waals surface area contributed by atoms with E-state index in [0.29, 0.717) is 0 Å². The zero-order chi connectivity index (χ0) is 11.4. The molecule has 0 saturated carbocycles. The van der Waals surface area contributed by atoms with E-state index in [4.69, 9.17) is 5.11 Å². The van der Waals surface area contributed by atoms with E-state index in [9.17, 15) is 0 Å². The van der Waals surface area contributed by atoms with Crippen molar-refractivity contribution in [3.8, 4) is 0 Å². The molecule has 2 heterocycles. The summed E-state index contributed by atoms with van der Waals surface area (Å²) < 4.78 is 0. The summed E-state index contributed by atoms with van der Waals surface area (Å²) in [5, 5.41) is 10.1. The summed E-state index contributed by atoms with van der Waals surface area (Å²) in [5.74, 6) is 0. The highest BCUT2D eigenvalue weighted by atomic mass is 32.1. The molecule has 1 aromatic rings. The van der Waals surface area contributed by atoms with E-state index in [2.05, 4.69) is 21.8 Å². The van der Waals surface area contributed by atoms with Gasteiger partial charge in [0.15, 0.2) is 0 Å². The number of nitrogens with zero attached hydrogens (tertiary/aromatic N) is 3. The number of thiazole rings is 1. The minimum absolute atomic E-state index is 0.117. The fourth-order valence-corrected chi connectivity index (χ4v) is 2.63. The molecule has 1 saturated heterocycles. The SMILES string of the molecule is CN1CCN(CCc2ncc(CO)s2)CC1. The van der Waals surface area contributed by atoms with Crippen molar-refractivity contribution < 1.29 is 5.11 Å². The molecular weight excluding hydrogens is 222 g/mol. The molecule has 1 N–H and O–H groups in total. The molecule has 0 aliphatic carbocycles. The zero-order valence-corrected chi connectivity index (χ0v) is 10.5. The number of likely N-dealkylation sites (N-methyl/N-ethyl adjacent to an activating group) is 1. The van der Waals surface area contributed by atoms with Gasteiger partial charge in [-0.25, -0.2) is 4.98 Å². The van der Waals surface area contributed by atoms with E-state index in [1.165, 1.54) is 13.1 Å². The molecule has 5 heteroatoms. The normalized spacial score (nSPS) is 19.1. The quantitative estimate of drug-likeness (QED) is 0.829. The van der Waals surface area contributed by atoms with Crippen LogP contribution in [0.5, 0.6) is 0 Å². The van der Waals surface area contributed by atoms with Crippen molar-refractivity contribution in [1.29, 1.82) is 0 Å². The minimum Gasteiger partial charge on any atom is -0.391 e. The third kappa shape index (κ3) is 3.25. The van der Waals surface area contributed by atoms with Crippen molar-refractivity contribution in [2.75, 3.05) is 39.8 Å². The molecule has 1 fully saturated rings. The first-order valence-electron chi connectivity index (χ1n) is 5.73. The predicted molar refractivity (Wildman–Crippen MR) is 65.7 cm³/mol. The predicted octanol–water partition coefficient (Wildman–Crippen LogP) is 0.425. The van der Waals surface area contributed by atoms with Crippen LogP contribution < -0.4 is 0 Å². The fraction of sp³-hybridized carbons (Fsp3) is 0.727. The molecule has 0 radical (unpaired) electrons. The summed E-state index contributed by atoms with van der Waals surface area (Å²) >= 11 is 1.62. The van der Waals surface area contributed by atoms with Gasteiger partial charge in [-0.15, -0.1) is 11.3 Å². The maximum absolute atomic E-state index is 8.95. The van der Waals surface area contributed by atoms with Crippen LogP contribution in [0.2, 0.25) is 0 Å². The Morgan fingerprint density at radius 3 is 2.75 bits per heavy atom. The van der Waals surface area contributed by atoms with Gasteiger partial charge in [0.05, 0.1) is 16.5 Å². The van der Waals surface area contributed by atoms with E-state index < -0.39 is 0 Å². The van der Waals surface area contributed by atoms with E-state index in [1.807, 2.05) is 0 Å². The molecule has 0 unspecified atom stereocenters. The smallest absolute Gasteiger partial charge is 0.0941 e. The molecule has 0 spiro atoms. The summed E-state index contributed by atoms with van der Waals surface area (Å²) in [4.78, 5) is 10.1. The molecule has 0 amide bonds. The van der Waals surface area contributed by atoms with Crippen molar-refractivity contribution in [1.82, 2.24) is 14.8 Å². The molecule has 1 aromatic heterocycles. The van der Waals surface area contributed by atoms with Crippen LogP contribution >= 0.6 is 11.3 Å². The lowest BCUT2D eigenvalue weighted by atomic mass is 10.3. The number of hydrogen-bond acceptors (Lipinski definition) is 5. The Balaban J connectivity index is 1.74. The van der Waals surface area contributed by atoms with Crippen molar-refractivity contribution in [3.63, 3.8) is 0 Å². The van der Waals surface area contributed by atoms with Crippen LogP contribution in [0.3, 0.4) is 0 Å². The number of hydrogen-bond donors (Lipinski definition) is 1. The molecular formula is C11H19N3OS. The monoisotopic (exact) mass is 241 g/mol. The van der Waals surface area contributed by atoms with Crippen LogP contribution in [0.4, 0.5) is 0 Å². The van der Waals surface area contributed by atoms with Gasteiger partial charge < -0.3 is 14.9 Å². The number of aromatic nitrogens is 1. The molecule has 90 valence electrons. The van der Waals surface area contributed by atoms with Crippen LogP contribution in [0.25, 0.3) is 0 Å². The zero-order valence-electron chi connectivity index (χ0n) is 9.72. The topological polar surface area (TPSA) is 39.6 Å². The molecule has 1 aliphatic heterocycles. The van der Waals surface area contributed by atoms with Crippen molar-refractivity contribution in [2.45, 2.75) is 13.0 Å². The number of rotatable bonds is 4.